The lowest BCUT2D eigenvalue weighted by Gasteiger charge is -2.09. The van der Waals surface area contributed by atoms with Gasteiger partial charge in [0.2, 0.25) is 0 Å². The molecule has 168 valence electrons. The lowest BCUT2D eigenvalue weighted by atomic mass is 10.2. The number of anilines is 1. The molecule has 0 fully saturated rings. The third-order valence-corrected chi connectivity index (χ3v) is 6.51. The molecule has 0 aliphatic carbocycles. The molecular formula is C23H23FN8S. The SMILES string of the molecule is CC(CNCCc1nc2ccccc2[nH]1)c1nc2c(NCc3ncccc3F)ncnc2s1. The Bertz CT molecular complexity index is 1350. The minimum atomic E-state index is -0.350. The molecule has 33 heavy (non-hydrogen) atoms. The van der Waals surface area contributed by atoms with Gasteiger partial charge in [0, 0.05) is 31.6 Å². The second kappa shape index (κ2) is 9.55. The van der Waals surface area contributed by atoms with E-state index in [2.05, 4.69) is 42.5 Å². The normalized spacial score (nSPS) is 12.4. The maximum Gasteiger partial charge on any atom is 0.157 e. The van der Waals surface area contributed by atoms with Crippen molar-refractivity contribution in [3.63, 3.8) is 0 Å². The highest BCUT2D eigenvalue weighted by Crippen LogP contribution is 2.29. The van der Waals surface area contributed by atoms with E-state index in [9.17, 15) is 4.39 Å². The van der Waals surface area contributed by atoms with Crippen LogP contribution in [0.25, 0.3) is 21.4 Å². The molecule has 4 aromatic heterocycles. The molecule has 1 unspecified atom stereocenters. The minimum absolute atomic E-state index is 0.209. The number of thiazole rings is 1. The molecule has 0 aliphatic rings. The van der Waals surface area contributed by atoms with Crippen LogP contribution in [0.2, 0.25) is 0 Å². The molecule has 1 atom stereocenters. The zero-order valence-electron chi connectivity index (χ0n) is 18.0. The number of benzene rings is 1. The summed E-state index contributed by atoms with van der Waals surface area (Å²) in [6.07, 6.45) is 3.89. The fraction of sp³-hybridized carbons (Fsp3) is 0.261. The van der Waals surface area contributed by atoms with Crippen molar-refractivity contribution in [1.29, 1.82) is 0 Å². The fourth-order valence-electron chi connectivity index (χ4n) is 3.56. The Labute approximate surface area is 193 Å². The lowest BCUT2D eigenvalue weighted by molar-refractivity contribution is 0.602. The number of nitrogens with zero attached hydrogens (tertiary/aromatic N) is 5. The molecule has 10 heteroatoms. The number of hydrogen-bond acceptors (Lipinski definition) is 8. The van der Waals surface area contributed by atoms with Crippen molar-refractivity contribution < 1.29 is 4.39 Å². The third kappa shape index (κ3) is 4.81. The summed E-state index contributed by atoms with van der Waals surface area (Å²) in [7, 11) is 0. The van der Waals surface area contributed by atoms with Gasteiger partial charge in [0.1, 0.15) is 28.3 Å². The Morgan fingerprint density at radius 3 is 2.88 bits per heavy atom. The van der Waals surface area contributed by atoms with Crippen LogP contribution in [0.1, 0.15) is 29.4 Å². The van der Waals surface area contributed by atoms with Crippen molar-refractivity contribution in [1.82, 2.24) is 35.2 Å². The first-order valence-corrected chi connectivity index (χ1v) is 11.6. The predicted octanol–water partition coefficient (Wildman–Crippen LogP) is 4.04. The summed E-state index contributed by atoms with van der Waals surface area (Å²) in [6.45, 7) is 3.97. The van der Waals surface area contributed by atoms with Gasteiger partial charge >= 0.3 is 0 Å². The largest absolute Gasteiger partial charge is 0.362 e. The van der Waals surface area contributed by atoms with Crippen LogP contribution < -0.4 is 10.6 Å². The van der Waals surface area contributed by atoms with Crippen LogP contribution in [0.4, 0.5) is 10.2 Å². The van der Waals surface area contributed by atoms with Gasteiger partial charge < -0.3 is 15.6 Å². The lowest BCUT2D eigenvalue weighted by Crippen LogP contribution is -2.22. The van der Waals surface area contributed by atoms with E-state index >= 15 is 0 Å². The van der Waals surface area contributed by atoms with E-state index < -0.39 is 0 Å². The summed E-state index contributed by atoms with van der Waals surface area (Å²) >= 11 is 1.55. The Morgan fingerprint density at radius 2 is 2.00 bits per heavy atom. The molecule has 8 nitrogen and oxygen atoms in total. The maximum atomic E-state index is 13.9. The van der Waals surface area contributed by atoms with E-state index in [1.807, 2.05) is 24.3 Å². The number of fused-ring (bicyclic) bond motifs is 2. The average molecular weight is 463 g/mol. The molecule has 0 bridgehead atoms. The number of hydrogen-bond donors (Lipinski definition) is 3. The van der Waals surface area contributed by atoms with E-state index in [1.165, 1.54) is 12.4 Å². The van der Waals surface area contributed by atoms with Gasteiger partial charge in [-0.2, -0.15) is 0 Å². The van der Waals surface area contributed by atoms with Crippen LogP contribution in [-0.2, 0) is 13.0 Å². The molecule has 0 spiro atoms. The Kier molecular flexibility index (Phi) is 6.18. The molecule has 0 radical (unpaired) electrons. The maximum absolute atomic E-state index is 13.9. The van der Waals surface area contributed by atoms with Crippen LogP contribution in [0.3, 0.4) is 0 Å². The summed E-state index contributed by atoms with van der Waals surface area (Å²) in [4.78, 5) is 26.3. The van der Waals surface area contributed by atoms with Crippen LogP contribution in [0.5, 0.6) is 0 Å². The van der Waals surface area contributed by atoms with E-state index in [1.54, 1.807) is 23.6 Å². The monoisotopic (exact) mass is 462 g/mol. The zero-order valence-corrected chi connectivity index (χ0v) is 18.9. The number of rotatable bonds is 9. The molecule has 5 aromatic rings. The zero-order chi connectivity index (χ0) is 22.6. The van der Waals surface area contributed by atoms with Crippen molar-refractivity contribution in [2.24, 2.45) is 0 Å². The number of para-hydroxylation sites is 2. The van der Waals surface area contributed by atoms with Crippen LogP contribution in [0.15, 0.2) is 48.9 Å². The van der Waals surface area contributed by atoms with Gasteiger partial charge in [-0.05, 0) is 24.3 Å². The molecular weight excluding hydrogens is 439 g/mol. The number of halogens is 1. The third-order valence-electron chi connectivity index (χ3n) is 5.32. The summed E-state index contributed by atoms with van der Waals surface area (Å²) in [5.41, 5.74) is 3.09. The molecule has 0 amide bonds. The quantitative estimate of drug-likeness (QED) is 0.284. The number of H-pyrrole nitrogens is 1. The van der Waals surface area contributed by atoms with E-state index in [-0.39, 0.29) is 18.3 Å². The summed E-state index contributed by atoms with van der Waals surface area (Å²) in [6, 6.07) is 11.0. The van der Waals surface area contributed by atoms with Crippen molar-refractivity contribution in [3.8, 4) is 0 Å². The minimum Gasteiger partial charge on any atom is -0.362 e. The molecule has 5 rings (SSSR count). The molecule has 3 N–H and O–H groups in total. The Hall–Kier alpha value is -3.50. The number of pyridine rings is 1. The standard InChI is InChI=1S/C23H23FN8S/c1-14(11-25-10-8-19-30-16-6-2-3-7-17(16)31-19)22-32-20-21(28-13-29-23(20)33-22)27-12-18-15(24)5-4-9-26-18/h2-7,9,13-14,25H,8,10-12H2,1H3,(H,30,31)(H,27,28,29). The van der Waals surface area contributed by atoms with Crippen molar-refractivity contribution in [2.75, 3.05) is 18.4 Å². The first-order valence-electron chi connectivity index (χ1n) is 10.8. The molecule has 0 saturated carbocycles. The Balaban J connectivity index is 1.19. The highest BCUT2D eigenvalue weighted by atomic mass is 32.1. The second-order valence-electron chi connectivity index (χ2n) is 7.77. The van der Waals surface area contributed by atoms with Gasteiger partial charge in [0.05, 0.1) is 28.3 Å². The molecule has 0 aliphatic heterocycles. The van der Waals surface area contributed by atoms with E-state index in [4.69, 9.17) is 4.98 Å². The van der Waals surface area contributed by atoms with Gasteiger partial charge in [-0.25, -0.2) is 24.3 Å². The van der Waals surface area contributed by atoms with Gasteiger partial charge in [0.25, 0.3) is 0 Å². The number of aromatic nitrogens is 6. The highest BCUT2D eigenvalue weighted by Gasteiger charge is 2.16. The van der Waals surface area contributed by atoms with Gasteiger partial charge in [-0.3, -0.25) is 4.98 Å². The van der Waals surface area contributed by atoms with Crippen molar-refractivity contribution >= 4 is 38.5 Å². The van der Waals surface area contributed by atoms with E-state index in [0.717, 1.165) is 46.2 Å². The summed E-state index contributed by atoms with van der Waals surface area (Å²) in [5.74, 6) is 1.42. The number of aromatic amines is 1. The summed E-state index contributed by atoms with van der Waals surface area (Å²) < 4.78 is 13.9. The van der Waals surface area contributed by atoms with Crippen LogP contribution >= 0.6 is 11.3 Å². The molecule has 1 aromatic carbocycles. The van der Waals surface area contributed by atoms with Crippen LogP contribution in [-0.4, -0.2) is 43.0 Å². The molecule has 4 heterocycles. The first kappa shape index (κ1) is 21.4. The van der Waals surface area contributed by atoms with Gasteiger partial charge in [-0.15, -0.1) is 0 Å². The predicted molar refractivity (Wildman–Crippen MR) is 128 cm³/mol. The van der Waals surface area contributed by atoms with Crippen LogP contribution in [0, 0.1) is 5.82 Å². The Morgan fingerprint density at radius 1 is 1.09 bits per heavy atom. The van der Waals surface area contributed by atoms with E-state index in [0.29, 0.717) is 17.0 Å². The number of imidazole rings is 1. The van der Waals surface area contributed by atoms with Crippen molar-refractivity contribution in [3.05, 3.63) is 71.3 Å². The summed E-state index contributed by atoms with van der Waals surface area (Å²) in [5, 5.41) is 7.62. The van der Waals surface area contributed by atoms with Gasteiger partial charge in [0.15, 0.2) is 5.82 Å². The average Bonchev–Trinajstić information content (AvgIpc) is 3.45. The fourth-order valence-corrected chi connectivity index (χ4v) is 4.52. The van der Waals surface area contributed by atoms with Crippen molar-refractivity contribution in [2.45, 2.75) is 25.8 Å². The smallest absolute Gasteiger partial charge is 0.157 e. The number of nitrogens with one attached hydrogen (secondary N) is 3. The topological polar surface area (TPSA) is 104 Å². The molecule has 0 saturated heterocycles. The first-order chi connectivity index (χ1) is 16.2. The highest BCUT2D eigenvalue weighted by molar-refractivity contribution is 7.18. The second-order valence-corrected chi connectivity index (χ2v) is 8.78. The van der Waals surface area contributed by atoms with Gasteiger partial charge in [-0.1, -0.05) is 30.4 Å².